The van der Waals surface area contributed by atoms with Gasteiger partial charge in [0.05, 0.1) is 19.8 Å². The molecule has 51 heavy (non-hydrogen) atoms. The highest BCUT2D eigenvalue weighted by molar-refractivity contribution is 5.69. The lowest BCUT2D eigenvalue weighted by atomic mass is 9.80. The molecule has 0 N–H and O–H groups in total. The van der Waals surface area contributed by atoms with Crippen LogP contribution in [0.3, 0.4) is 0 Å². The Morgan fingerprint density at radius 3 is 1.53 bits per heavy atom. The van der Waals surface area contributed by atoms with Crippen molar-refractivity contribution in [1.82, 2.24) is 0 Å². The van der Waals surface area contributed by atoms with E-state index in [4.69, 9.17) is 14.2 Å². The maximum absolute atomic E-state index is 13.2. The molecule has 4 heteroatoms. The largest absolute Gasteiger partial charge is 0.457 e. The summed E-state index contributed by atoms with van der Waals surface area (Å²) in [6.07, 6.45) is 20.4. The van der Waals surface area contributed by atoms with E-state index in [-0.39, 0.29) is 19.2 Å². The lowest BCUT2D eigenvalue weighted by Crippen LogP contribution is -2.38. The monoisotopic (exact) mass is 688 g/mol. The molecule has 0 aliphatic heterocycles. The Morgan fingerprint density at radius 1 is 0.569 bits per heavy atom. The van der Waals surface area contributed by atoms with Crippen LogP contribution >= 0.6 is 0 Å². The molecule has 0 unspecified atom stereocenters. The van der Waals surface area contributed by atoms with E-state index in [0.29, 0.717) is 13.0 Å². The van der Waals surface area contributed by atoms with E-state index >= 15 is 0 Å². The summed E-state index contributed by atoms with van der Waals surface area (Å²) in [4.78, 5) is 13.2. The molecule has 0 radical (unpaired) electrons. The minimum atomic E-state index is -0.905. The number of unbranched alkanes of at least 4 members (excludes halogenated alkanes) is 11. The number of esters is 1. The van der Waals surface area contributed by atoms with Gasteiger partial charge in [-0.3, -0.25) is 4.79 Å². The summed E-state index contributed by atoms with van der Waals surface area (Å²) < 4.78 is 19.3. The van der Waals surface area contributed by atoms with Crippen LogP contribution < -0.4 is 0 Å². The summed E-state index contributed by atoms with van der Waals surface area (Å²) in [7, 11) is 0. The summed E-state index contributed by atoms with van der Waals surface area (Å²) in [6, 6.07) is 40.9. The Hall–Kier alpha value is -3.99. The van der Waals surface area contributed by atoms with Gasteiger partial charge >= 0.3 is 5.97 Å². The zero-order valence-electron chi connectivity index (χ0n) is 30.9. The number of benzene rings is 4. The van der Waals surface area contributed by atoms with Gasteiger partial charge in [0, 0.05) is 6.42 Å². The van der Waals surface area contributed by atoms with Gasteiger partial charge in [0.1, 0.15) is 11.7 Å². The number of hydrogen-bond acceptors (Lipinski definition) is 4. The van der Waals surface area contributed by atoms with Gasteiger partial charge in [0.2, 0.25) is 0 Å². The minimum Gasteiger partial charge on any atom is -0.457 e. The second-order valence-corrected chi connectivity index (χ2v) is 13.5. The van der Waals surface area contributed by atoms with Gasteiger partial charge in [0.25, 0.3) is 0 Å². The third-order valence-electron chi connectivity index (χ3n) is 9.38. The number of carbonyl (C=O) groups is 1. The number of allylic oxidation sites excluding steroid dienone is 2. The molecule has 4 aromatic carbocycles. The van der Waals surface area contributed by atoms with Crippen molar-refractivity contribution < 1.29 is 19.0 Å². The summed E-state index contributed by atoms with van der Waals surface area (Å²) in [5.41, 5.74) is 3.18. The quantitative estimate of drug-likeness (QED) is 0.0285. The first-order valence-corrected chi connectivity index (χ1v) is 19.5. The molecule has 0 aromatic heterocycles. The minimum absolute atomic E-state index is 0.172. The van der Waals surface area contributed by atoms with Crippen LogP contribution in [0.2, 0.25) is 0 Å². The molecule has 0 amide bonds. The van der Waals surface area contributed by atoms with Crippen LogP contribution in [0.1, 0.15) is 119 Å². The summed E-state index contributed by atoms with van der Waals surface area (Å²) in [5, 5.41) is 0. The van der Waals surface area contributed by atoms with Crippen molar-refractivity contribution in [2.45, 2.75) is 115 Å². The Bertz CT molecular complexity index is 1370. The second-order valence-electron chi connectivity index (χ2n) is 13.5. The van der Waals surface area contributed by atoms with Crippen LogP contribution in [-0.4, -0.2) is 25.3 Å². The van der Waals surface area contributed by atoms with Crippen molar-refractivity contribution in [3.63, 3.8) is 0 Å². The first-order chi connectivity index (χ1) is 25.2. The van der Waals surface area contributed by atoms with E-state index in [2.05, 4.69) is 55.5 Å². The van der Waals surface area contributed by atoms with Gasteiger partial charge in [0.15, 0.2) is 0 Å². The van der Waals surface area contributed by atoms with Crippen molar-refractivity contribution in [3.8, 4) is 0 Å². The van der Waals surface area contributed by atoms with Gasteiger partial charge in [-0.15, -0.1) is 0 Å². The van der Waals surface area contributed by atoms with Gasteiger partial charge in [-0.2, -0.15) is 0 Å². The van der Waals surface area contributed by atoms with E-state index in [1.165, 1.54) is 57.8 Å². The topological polar surface area (TPSA) is 44.8 Å². The Kier molecular flexibility index (Phi) is 18.9. The summed E-state index contributed by atoms with van der Waals surface area (Å²) in [6.45, 7) is 3.11. The highest BCUT2D eigenvalue weighted by atomic mass is 16.6. The van der Waals surface area contributed by atoms with Crippen LogP contribution in [-0.2, 0) is 31.2 Å². The predicted molar refractivity (Wildman–Crippen MR) is 211 cm³/mol. The zero-order chi connectivity index (χ0) is 35.7. The van der Waals surface area contributed by atoms with Crippen molar-refractivity contribution in [1.29, 1.82) is 0 Å². The Balaban J connectivity index is 1.31. The fourth-order valence-corrected chi connectivity index (χ4v) is 6.57. The van der Waals surface area contributed by atoms with Gasteiger partial charge < -0.3 is 14.2 Å². The number of rotatable bonds is 26. The normalized spacial score (nSPS) is 12.3. The van der Waals surface area contributed by atoms with Crippen LogP contribution in [0.25, 0.3) is 0 Å². The maximum atomic E-state index is 13.2. The molecule has 0 aliphatic rings. The fraction of sp³-hybridized carbons (Fsp3) is 0.426. The standard InChI is InChI=1S/C47H60O4/c1-2-3-4-5-6-7-8-9-10-11-12-13-14-15-28-37-46(48)51-45(39-49-38-41-29-20-16-21-30-41)40-50-47(42-31-22-17-23-32-42,43-33-24-18-25-34-43)44-35-26-19-27-36-44/h9-10,16-27,29-36,45H,2-8,11-15,28,37-40H2,1H3/b10-9-/t45-/m1/s1. The lowest BCUT2D eigenvalue weighted by Gasteiger charge is -2.37. The smallest absolute Gasteiger partial charge is 0.306 e. The first-order valence-electron chi connectivity index (χ1n) is 19.5. The van der Waals surface area contributed by atoms with Crippen molar-refractivity contribution in [2.75, 3.05) is 13.2 Å². The molecule has 0 fully saturated rings. The van der Waals surface area contributed by atoms with Crippen molar-refractivity contribution in [2.24, 2.45) is 0 Å². The molecular formula is C47H60O4. The Labute approximate surface area is 308 Å². The third-order valence-corrected chi connectivity index (χ3v) is 9.38. The van der Waals surface area contributed by atoms with Crippen LogP contribution in [0.15, 0.2) is 133 Å². The Morgan fingerprint density at radius 2 is 1.02 bits per heavy atom. The van der Waals surface area contributed by atoms with E-state index in [9.17, 15) is 4.79 Å². The molecular weight excluding hydrogens is 629 g/mol. The molecule has 0 saturated carbocycles. The zero-order valence-corrected chi connectivity index (χ0v) is 30.9. The average molecular weight is 689 g/mol. The SMILES string of the molecule is CCCCCCCC/C=C\CCCCCCCC(=O)O[C@H](COCc1ccccc1)COC(c1ccccc1)(c1ccccc1)c1ccccc1. The molecule has 4 rings (SSSR count). The molecule has 0 aliphatic carbocycles. The average Bonchev–Trinajstić information content (AvgIpc) is 3.18. The van der Waals surface area contributed by atoms with Gasteiger partial charge in [-0.1, -0.05) is 192 Å². The summed E-state index contributed by atoms with van der Waals surface area (Å²) in [5.74, 6) is -0.200. The van der Waals surface area contributed by atoms with Crippen LogP contribution in [0, 0.1) is 0 Å². The van der Waals surface area contributed by atoms with Gasteiger partial charge in [-0.05, 0) is 54.4 Å². The molecule has 272 valence electrons. The molecule has 0 bridgehead atoms. The number of carbonyl (C=O) groups excluding carboxylic acids is 1. The van der Waals surface area contributed by atoms with Crippen molar-refractivity contribution in [3.05, 3.63) is 156 Å². The molecule has 1 atom stereocenters. The highest BCUT2D eigenvalue weighted by Gasteiger charge is 2.38. The van der Waals surface area contributed by atoms with E-state index in [1.54, 1.807) is 0 Å². The van der Waals surface area contributed by atoms with Gasteiger partial charge in [-0.25, -0.2) is 0 Å². The fourth-order valence-electron chi connectivity index (χ4n) is 6.57. The molecule has 0 heterocycles. The highest BCUT2D eigenvalue weighted by Crippen LogP contribution is 2.40. The first kappa shape index (κ1) is 39.8. The number of hydrogen-bond donors (Lipinski definition) is 0. The summed E-state index contributed by atoms with van der Waals surface area (Å²) >= 11 is 0. The van der Waals surface area contributed by atoms with Crippen LogP contribution in [0.5, 0.6) is 0 Å². The number of ether oxygens (including phenoxy) is 3. The molecule has 4 nitrogen and oxygen atoms in total. The molecule has 0 saturated heterocycles. The van der Waals surface area contributed by atoms with E-state index < -0.39 is 11.7 Å². The van der Waals surface area contributed by atoms with Crippen LogP contribution in [0.4, 0.5) is 0 Å². The second kappa shape index (κ2) is 24.2. The third kappa shape index (κ3) is 14.3. The van der Waals surface area contributed by atoms with Crippen molar-refractivity contribution >= 4 is 5.97 Å². The maximum Gasteiger partial charge on any atom is 0.306 e. The molecule has 4 aromatic rings. The molecule has 0 spiro atoms. The lowest BCUT2D eigenvalue weighted by molar-refractivity contribution is -0.160. The van der Waals surface area contributed by atoms with E-state index in [1.807, 2.05) is 84.9 Å². The predicted octanol–water partition coefficient (Wildman–Crippen LogP) is 12.2. The van der Waals surface area contributed by atoms with E-state index in [0.717, 1.165) is 47.9 Å².